The molecule has 0 aromatic heterocycles. The summed E-state index contributed by atoms with van der Waals surface area (Å²) in [5.74, 6) is 0. The van der Waals surface area contributed by atoms with Crippen LogP contribution in [0.25, 0.3) is 0 Å². The summed E-state index contributed by atoms with van der Waals surface area (Å²) in [5.41, 5.74) is 2.00. The fraction of sp³-hybridized carbons (Fsp3) is 0.500. The Morgan fingerprint density at radius 3 is 2.76 bits per heavy atom. The number of fused-ring (bicyclic) bond motifs is 1. The first-order valence-corrected chi connectivity index (χ1v) is 6.32. The first-order valence-electron chi connectivity index (χ1n) is 6.32. The third-order valence-electron chi connectivity index (χ3n) is 4.06. The average molecular weight is 230 g/mol. The van der Waals surface area contributed by atoms with Crippen molar-refractivity contribution in [1.29, 1.82) is 0 Å². The quantitative estimate of drug-likeness (QED) is 0.804. The third kappa shape index (κ3) is 1.61. The van der Waals surface area contributed by atoms with Crippen molar-refractivity contribution >= 4 is 5.71 Å². The van der Waals surface area contributed by atoms with Gasteiger partial charge in [0.15, 0.2) is 6.17 Å². The fourth-order valence-corrected chi connectivity index (χ4v) is 2.94. The van der Waals surface area contributed by atoms with Gasteiger partial charge in [-0.1, -0.05) is 36.8 Å². The smallest absolute Gasteiger partial charge is 0.151 e. The van der Waals surface area contributed by atoms with Crippen LogP contribution in [0.3, 0.4) is 0 Å². The Balaban J connectivity index is 1.97. The maximum atomic E-state index is 10.4. The molecule has 2 aliphatic rings. The molecule has 1 N–H and O–H groups in total. The van der Waals surface area contributed by atoms with Crippen molar-refractivity contribution in [3.63, 3.8) is 0 Å². The van der Waals surface area contributed by atoms with E-state index >= 15 is 0 Å². The number of hydrogen-bond acceptors (Lipinski definition) is 3. The maximum absolute atomic E-state index is 10.4. The van der Waals surface area contributed by atoms with E-state index < -0.39 is 0 Å². The summed E-state index contributed by atoms with van der Waals surface area (Å²) >= 11 is 0. The zero-order valence-corrected chi connectivity index (χ0v) is 10.1. The number of benzene rings is 1. The standard InChI is InChI=1S/C14H18N2O/c1-14-10-6-5-9-12(14)15-13(16(14)17)11-7-3-2-4-8-11/h2-4,7-8,13,17H,5-6,9-10H2,1H3/t13-,14+/m1/s1. The molecule has 1 saturated carbocycles. The molecule has 0 radical (unpaired) electrons. The monoisotopic (exact) mass is 230 g/mol. The lowest BCUT2D eigenvalue weighted by molar-refractivity contribution is -0.168. The van der Waals surface area contributed by atoms with Crippen LogP contribution >= 0.6 is 0 Å². The second kappa shape index (κ2) is 3.93. The summed E-state index contributed by atoms with van der Waals surface area (Å²) in [5, 5.41) is 11.9. The number of rotatable bonds is 1. The molecule has 1 aromatic carbocycles. The topological polar surface area (TPSA) is 35.8 Å². The van der Waals surface area contributed by atoms with E-state index in [0.29, 0.717) is 0 Å². The Bertz CT molecular complexity index is 443. The molecule has 1 aromatic rings. The molecule has 1 aliphatic carbocycles. The van der Waals surface area contributed by atoms with Gasteiger partial charge in [0, 0.05) is 5.71 Å². The van der Waals surface area contributed by atoms with Crippen LogP contribution in [0, 0.1) is 0 Å². The van der Waals surface area contributed by atoms with Gasteiger partial charge in [0.1, 0.15) is 0 Å². The van der Waals surface area contributed by atoms with Crippen molar-refractivity contribution in [2.45, 2.75) is 44.3 Å². The highest BCUT2D eigenvalue weighted by atomic mass is 16.5. The van der Waals surface area contributed by atoms with Gasteiger partial charge in [-0.05, 0) is 31.7 Å². The van der Waals surface area contributed by atoms with Gasteiger partial charge >= 0.3 is 0 Å². The fourth-order valence-electron chi connectivity index (χ4n) is 2.94. The number of hydroxylamine groups is 2. The number of hydrogen-bond donors (Lipinski definition) is 1. The zero-order chi connectivity index (χ0) is 11.9. The van der Waals surface area contributed by atoms with Gasteiger partial charge < -0.3 is 5.21 Å². The SMILES string of the molecule is C[C@]12CCCCC1=N[C@@H](c1ccccc1)N2O. The summed E-state index contributed by atoms with van der Waals surface area (Å²) in [4.78, 5) is 4.73. The highest BCUT2D eigenvalue weighted by Gasteiger charge is 2.47. The van der Waals surface area contributed by atoms with E-state index in [9.17, 15) is 5.21 Å². The highest BCUT2D eigenvalue weighted by molar-refractivity contribution is 5.95. The summed E-state index contributed by atoms with van der Waals surface area (Å²) in [6.45, 7) is 2.11. The molecular weight excluding hydrogens is 212 g/mol. The predicted octanol–water partition coefficient (Wildman–Crippen LogP) is 3.16. The molecule has 0 unspecified atom stereocenters. The van der Waals surface area contributed by atoms with E-state index in [0.717, 1.165) is 18.4 Å². The van der Waals surface area contributed by atoms with Gasteiger partial charge in [0.25, 0.3) is 0 Å². The van der Waals surface area contributed by atoms with E-state index in [4.69, 9.17) is 4.99 Å². The van der Waals surface area contributed by atoms with Crippen molar-refractivity contribution in [2.24, 2.45) is 4.99 Å². The molecule has 0 amide bonds. The Morgan fingerprint density at radius 1 is 1.29 bits per heavy atom. The lowest BCUT2D eigenvalue weighted by Crippen LogP contribution is -2.48. The second-order valence-corrected chi connectivity index (χ2v) is 5.19. The predicted molar refractivity (Wildman–Crippen MR) is 67.1 cm³/mol. The summed E-state index contributed by atoms with van der Waals surface area (Å²) in [7, 11) is 0. The van der Waals surface area contributed by atoms with Crippen molar-refractivity contribution < 1.29 is 5.21 Å². The van der Waals surface area contributed by atoms with Crippen molar-refractivity contribution in [2.75, 3.05) is 0 Å². The Kier molecular flexibility index (Phi) is 2.53. The van der Waals surface area contributed by atoms with E-state index in [-0.39, 0.29) is 11.7 Å². The van der Waals surface area contributed by atoms with Crippen LogP contribution in [0.2, 0.25) is 0 Å². The van der Waals surface area contributed by atoms with Gasteiger partial charge in [-0.2, -0.15) is 5.06 Å². The molecular formula is C14H18N2O. The van der Waals surface area contributed by atoms with Crippen LogP contribution in [0.1, 0.15) is 44.3 Å². The Labute approximate surface area is 102 Å². The van der Waals surface area contributed by atoms with E-state index in [1.165, 1.54) is 23.6 Å². The molecule has 1 fully saturated rings. The molecule has 3 nitrogen and oxygen atoms in total. The molecule has 0 spiro atoms. The first kappa shape index (κ1) is 10.9. The summed E-state index contributed by atoms with van der Waals surface area (Å²) in [6, 6.07) is 10.0. The Morgan fingerprint density at radius 2 is 2.06 bits per heavy atom. The molecule has 90 valence electrons. The van der Waals surface area contributed by atoms with E-state index in [1.807, 2.05) is 30.3 Å². The molecule has 1 aliphatic heterocycles. The highest BCUT2D eigenvalue weighted by Crippen LogP contribution is 2.42. The second-order valence-electron chi connectivity index (χ2n) is 5.19. The Hall–Kier alpha value is -1.19. The van der Waals surface area contributed by atoms with Crippen LogP contribution < -0.4 is 0 Å². The average Bonchev–Trinajstić information content (AvgIpc) is 2.64. The molecule has 2 atom stereocenters. The van der Waals surface area contributed by atoms with Crippen LogP contribution in [0.5, 0.6) is 0 Å². The molecule has 1 heterocycles. The minimum Gasteiger partial charge on any atom is -0.311 e. The molecule has 0 bridgehead atoms. The molecule has 3 rings (SSSR count). The molecule has 0 saturated heterocycles. The van der Waals surface area contributed by atoms with Gasteiger partial charge in [0.2, 0.25) is 0 Å². The minimum atomic E-state index is -0.237. The van der Waals surface area contributed by atoms with Crippen LogP contribution in [0.4, 0.5) is 0 Å². The number of nitrogens with zero attached hydrogens (tertiary/aromatic N) is 2. The minimum absolute atomic E-state index is 0.214. The van der Waals surface area contributed by atoms with Crippen molar-refractivity contribution in [3.8, 4) is 0 Å². The van der Waals surface area contributed by atoms with Crippen LogP contribution in [-0.2, 0) is 0 Å². The van der Waals surface area contributed by atoms with Crippen molar-refractivity contribution in [3.05, 3.63) is 35.9 Å². The number of aliphatic imine (C=N–C) groups is 1. The van der Waals surface area contributed by atoms with E-state index in [2.05, 4.69) is 6.92 Å². The molecule has 17 heavy (non-hydrogen) atoms. The summed E-state index contributed by atoms with van der Waals surface area (Å²) < 4.78 is 0. The summed E-state index contributed by atoms with van der Waals surface area (Å²) in [6.07, 6.45) is 4.19. The van der Waals surface area contributed by atoms with Gasteiger partial charge in [-0.15, -0.1) is 0 Å². The lowest BCUT2D eigenvalue weighted by Gasteiger charge is -2.36. The van der Waals surface area contributed by atoms with Crippen LogP contribution in [0.15, 0.2) is 35.3 Å². The van der Waals surface area contributed by atoms with Gasteiger partial charge in [0.05, 0.1) is 5.54 Å². The third-order valence-corrected chi connectivity index (χ3v) is 4.06. The normalized spacial score (nSPS) is 33.3. The van der Waals surface area contributed by atoms with Gasteiger partial charge in [-0.3, -0.25) is 4.99 Å². The van der Waals surface area contributed by atoms with E-state index in [1.54, 1.807) is 0 Å². The first-order chi connectivity index (χ1) is 8.22. The van der Waals surface area contributed by atoms with Crippen LogP contribution in [-0.4, -0.2) is 21.5 Å². The largest absolute Gasteiger partial charge is 0.311 e. The van der Waals surface area contributed by atoms with Gasteiger partial charge in [-0.25, -0.2) is 0 Å². The zero-order valence-electron chi connectivity index (χ0n) is 10.1. The maximum Gasteiger partial charge on any atom is 0.151 e. The molecule has 3 heteroatoms. The lowest BCUT2D eigenvalue weighted by atomic mass is 9.82. The van der Waals surface area contributed by atoms with Crippen molar-refractivity contribution in [1.82, 2.24) is 5.06 Å².